The lowest BCUT2D eigenvalue weighted by atomic mass is 9.89. The van der Waals surface area contributed by atoms with Crippen molar-refractivity contribution in [3.05, 3.63) is 54.1 Å². The second-order valence-electron chi connectivity index (χ2n) is 6.93. The lowest BCUT2D eigenvalue weighted by Gasteiger charge is -2.25. The molecule has 4 atom stereocenters. The van der Waals surface area contributed by atoms with Crippen molar-refractivity contribution in [3.8, 4) is 16.9 Å². The standard InChI is InChI=1S/C21H26N2O5/c1-13(25)18-17(12-24)28-23(19(18)21(22)26)11-15-9-6-10-16(20(15)27-2)14-7-4-3-5-8-14/h3-10,13,17-19,24-25H,11-12H2,1-2H3,(H2,22,26)/t13-,17-,18-,19-/m0/s1. The minimum atomic E-state index is -0.864. The Morgan fingerprint density at radius 3 is 2.54 bits per heavy atom. The second kappa shape index (κ2) is 8.70. The van der Waals surface area contributed by atoms with Crippen LogP contribution in [0.1, 0.15) is 12.5 Å². The van der Waals surface area contributed by atoms with E-state index in [9.17, 15) is 15.0 Å². The molecule has 0 aliphatic carbocycles. The van der Waals surface area contributed by atoms with Crippen molar-refractivity contribution in [2.75, 3.05) is 13.7 Å². The highest BCUT2D eigenvalue weighted by molar-refractivity contribution is 5.80. The number of carbonyl (C=O) groups excluding carboxylic acids is 1. The Morgan fingerprint density at radius 1 is 1.25 bits per heavy atom. The van der Waals surface area contributed by atoms with E-state index in [0.717, 1.165) is 16.7 Å². The average molecular weight is 386 g/mol. The normalized spacial score (nSPS) is 23.5. The summed E-state index contributed by atoms with van der Waals surface area (Å²) in [7, 11) is 1.59. The highest BCUT2D eigenvalue weighted by Crippen LogP contribution is 2.37. The fourth-order valence-electron chi connectivity index (χ4n) is 3.87. The molecule has 2 aromatic rings. The number of carbonyl (C=O) groups is 1. The van der Waals surface area contributed by atoms with Crippen LogP contribution >= 0.6 is 0 Å². The van der Waals surface area contributed by atoms with Crippen molar-refractivity contribution < 1.29 is 24.6 Å². The van der Waals surface area contributed by atoms with E-state index in [1.807, 2.05) is 48.5 Å². The van der Waals surface area contributed by atoms with Crippen LogP contribution in [0.2, 0.25) is 0 Å². The number of rotatable bonds is 7. The Kier molecular flexibility index (Phi) is 6.31. The van der Waals surface area contributed by atoms with Gasteiger partial charge in [0.25, 0.3) is 0 Å². The van der Waals surface area contributed by atoms with Crippen LogP contribution in [0.4, 0.5) is 0 Å². The van der Waals surface area contributed by atoms with E-state index in [4.69, 9.17) is 15.3 Å². The van der Waals surface area contributed by atoms with Crippen molar-refractivity contribution >= 4 is 5.91 Å². The number of hydrogen-bond acceptors (Lipinski definition) is 6. The Hall–Kier alpha value is -2.45. The summed E-state index contributed by atoms with van der Waals surface area (Å²) in [6.07, 6.45) is -1.57. The largest absolute Gasteiger partial charge is 0.496 e. The van der Waals surface area contributed by atoms with Gasteiger partial charge in [0.2, 0.25) is 5.91 Å². The molecule has 1 aliphatic heterocycles. The molecular formula is C21H26N2O5. The fraction of sp³-hybridized carbons (Fsp3) is 0.381. The van der Waals surface area contributed by atoms with Gasteiger partial charge in [-0.3, -0.25) is 9.63 Å². The molecule has 3 rings (SSSR count). The zero-order valence-electron chi connectivity index (χ0n) is 16.0. The molecule has 4 N–H and O–H groups in total. The summed E-state index contributed by atoms with van der Waals surface area (Å²) in [6, 6.07) is 14.7. The summed E-state index contributed by atoms with van der Waals surface area (Å²) in [5.74, 6) is -0.563. The number of aliphatic hydroxyl groups is 2. The van der Waals surface area contributed by atoms with E-state index in [1.165, 1.54) is 5.06 Å². The summed E-state index contributed by atoms with van der Waals surface area (Å²) in [4.78, 5) is 17.9. The lowest BCUT2D eigenvalue weighted by molar-refractivity contribution is -0.181. The third-order valence-corrected chi connectivity index (χ3v) is 5.12. The van der Waals surface area contributed by atoms with E-state index < -0.39 is 30.1 Å². The molecule has 0 spiro atoms. The monoisotopic (exact) mass is 386 g/mol. The first kappa shape index (κ1) is 20.3. The van der Waals surface area contributed by atoms with Gasteiger partial charge in [0.1, 0.15) is 17.9 Å². The van der Waals surface area contributed by atoms with Gasteiger partial charge < -0.3 is 20.7 Å². The summed E-state index contributed by atoms with van der Waals surface area (Å²) >= 11 is 0. The molecule has 7 nitrogen and oxygen atoms in total. The molecule has 1 saturated heterocycles. The molecule has 28 heavy (non-hydrogen) atoms. The summed E-state index contributed by atoms with van der Waals surface area (Å²) in [6.45, 7) is 1.46. The third-order valence-electron chi connectivity index (χ3n) is 5.12. The number of hydroxylamine groups is 2. The predicted molar refractivity (Wildman–Crippen MR) is 104 cm³/mol. The molecule has 7 heteroatoms. The minimum Gasteiger partial charge on any atom is -0.496 e. The first-order chi connectivity index (χ1) is 13.5. The number of nitrogens with zero attached hydrogens (tertiary/aromatic N) is 1. The van der Waals surface area contributed by atoms with Crippen molar-refractivity contribution in [3.63, 3.8) is 0 Å². The number of amides is 1. The van der Waals surface area contributed by atoms with Gasteiger partial charge in [0, 0.05) is 17.0 Å². The Bertz CT molecular complexity index is 812. The van der Waals surface area contributed by atoms with Crippen molar-refractivity contribution in [1.29, 1.82) is 0 Å². The smallest absolute Gasteiger partial charge is 0.237 e. The molecular weight excluding hydrogens is 360 g/mol. The number of hydrogen-bond donors (Lipinski definition) is 3. The number of methoxy groups -OCH3 is 1. The molecule has 0 aromatic heterocycles. The van der Waals surface area contributed by atoms with Gasteiger partial charge in [-0.2, -0.15) is 5.06 Å². The summed E-state index contributed by atoms with van der Waals surface area (Å²) in [5.41, 5.74) is 8.32. The molecule has 150 valence electrons. The van der Waals surface area contributed by atoms with Gasteiger partial charge in [0.05, 0.1) is 26.4 Å². The van der Waals surface area contributed by atoms with E-state index in [-0.39, 0.29) is 13.2 Å². The zero-order valence-corrected chi connectivity index (χ0v) is 16.0. The minimum absolute atomic E-state index is 0.219. The van der Waals surface area contributed by atoms with E-state index in [0.29, 0.717) is 5.75 Å². The number of benzene rings is 2. The highest BCUT2D eigenvalue weighted by Gasteiger charge is 2.48. The number of aliphatic hydroxyl groups excluding tert-OH is 2. The van der Waals surface area contributed by atoms with Crippen LogP contribution in [0.25, 0.3) is 11.1 Å². The van der Waals surface area contributed by atoms with Crippen LogP contribution < -0.4 is 10.5 Å². The summed E-state index contributed by atoms with van der Waals surface area (Å²) in [5, 5.41) is 21.2. The Morgan fingerprint density at radius 2 is 1.96 bits per heavy atom. The van der Waals surface area contributed by atoms with E-state index >= 15 is 0 Å². The summed E-state index contributed by atoms with van der Waals surface area (Å²) < 4.78 is 5.67. The van der Waals surface area contributed by atoms with Crippen LogP contribution in [0.15, 0.2) is 48.5 Å². The number of nitrogens with two attached hydrogens (primary N) is 1. The molecule has 0 unspecified atom stereocenters. The molecule has 0 bridgehead atoms. The van der Waals surface area contributed by atoms with Crippen LogP contribution in [-0.4, -0.2) is 53.1 Å². The SMILES string of the molecule is COc1c(CN2O[C@@H](CO)[C@H]([C@H](C)O)[C@H]2C(N)=O)cccc1-c1ccccc1. The first-order valence-electron chi connectivity index (χ1n) is 9.20. The molecule has 1 fully saturated rings. The van der Waals surface area contributed by atoms with Gasteiger partial charge >= 0.3 is 0 Å². The first-order valence-corrected chi connectivity index (χ1v) is 9.20. The average Bonchev–Trinajstić information content (AvgIpc) is 3.07. The Balaban J connectivity index is 1.96. The third kappa shape index (κ3) is 3.88. The van der Waals surface area contributed by atoms with Crippen molar-refractivity contribution in [2.45, 2.75) is 31.7 Å². The topological polar surface area (TPSA) is 105 Å². The van der Waals surface area contributed by atoms with Crippen LogP contribution in [0.5, 0.6) is 5.75 Å². The Labute approximate surface area is 164 Å². The molecule has 1 aliphatic rings. The maximum Gasteiger partial charge on any atom is 0.237 e. The number of primary amides is 1. The number of para-hydroxylation sites is 1. The fourth-order valence-corrected chi connectivity index (χ4v) is 3.87. The van der Waals surface area contributed by atoms with Crippen LogP contribution in [-0.2, 0) is 16.2 Å². The maximum atomic E-state index is 12.1. The molecule has 1 amide bonds. The van der Waals surface area contributed by atoms with Gasteiger partial charge in [0.15, 0.2) is 0 Å². The lowest BCUT2D eigenvalue weighted by Crippen LogP contribution is -2.47. The van der Waals surface area contributed by atoms with E-state index in [2.05, 4.69) is 0 Å². The van der Waals surface area contributed by atoms with Gasteiger partial charge in [-0.1, -0.05) is 48.5 Å². The number of ether oxygens (including phenoxy) is 1. The van der Waals surface area contributed by atoms with E-state index in [1.54, 1.807) is 14.0 Å². The second-order valence-corrected chi connectivity index (χ2v) is 6.93. The quantitative estimate of drug-likeness (QED) is 0.663. The van der Waals surface area contributed by atoms with Crippen molar-refractivity contribution in [1.82, 2.24) is 5.06 Å². The van der Waals surface area contributed by atoms with Crippen molar-refractivity contribution in [2.24, 2.45) is 11.7 Å². The molecule has 0 radical (unpaired) electrons. The zero-order chi connectivity index (χ0) is 20.3. The maximum absolute atomic E-state index is 12.1. The van der Waals surface area contributed by atoms with Crippen LogP contribution in [0, 0.1) is 5.92 Å². The molecule has 1 heterocycles. The van der Waals surface area contributed by atoms with Gasteiger partial charge in [-0.05, 0) is 12.5 Å². The van der Waals surface area contributed by atoms with Gasteiger partial charge in [-0.15, -0.1) is 0 Å². The molecule has 2 aromatic carbocycles. The molecule has 0 saturated carbocycles. The van der Waals surface area contributed by atoms with Gasteiger partial charge in [-0.25, -0.2) is 0 Å². The predicted octanol–water partition coefficient (Wildman–Crippen LogP) is 1.32. The highest BCUT2D eigenvalue weighted by atomic mass is 16.7. The van der Waals surface area contributed by atoms with Crippen LogP contribution in [0.3, 0.4) is 0 Å².